The van der Waals surface area contributed by atoms with Gasteiger partial charge in [0.05, 0.1) is 12.1 Å². The smallest absolute Gasteiger partial charge is 0.0704 e. The number of hydrogen-bond donors (Lipinski definition) is 2. The Balaban J connectivity index is 3.01. The van der Waals surface area contributed by atoms with E-state index in [2.05, 4.69) is 6.07 Å². The molecule has 2 atom stereocenters. The van der Waals surface area contributed by atoms with Crippen molar-refractivity contribution in [2.75, 3.05) is 0 Å². The number of hydrogen-bond acceptors (Lipinski definition) is 2. The topological polar surface area (TPSA) is 46.2 Å². The molecular weight excluding hydrogens is 162 g/mol. The summed E-state index contributed by atoms with van der Waals surface area (Å²) in [5.74, 6) is 0. The molecule has 0 aliphatic carbocycles. The molecular formula is C11H17NO. The van der Waals surface area contributed by atoms with Crippen molar-refractivity contribution in [2.45, 2.75) is 32.9 Å². The molecule has 0 saturated heterocycles. The molecule has 2 nitrogen and oxygen atoms in total. The van der Waals surface area contributed by atoms with Crippen molar-refractivity contribution in [3.63, 3.8) is 0 Å². The van der Waals surface area contributed by atoms with Gasteiger partial charge in [-0.25, -0.2) is 0 Å². The van der Waals surface area contributed by atoms with Crippen LogP contribution in [0, 0.1) is 13.8 Å². The Labute approximate surface area is 79.4 Å². The minimum Gasteiger partial charge on any atom is -0.391 e. The third-order valence-electron chi connectivity index (χ3n) is 2.15. The number of aryl methyl sites for hydroxylation is 2. The van der Waals surface area contributed by atoms with Gasteiger partial charge in [-0.05, 0) is 26.3 Å². The van der Waals surface area contributed by atoms with E-state index >= 15 is 0 Å². The van der Waals surface area contributed by atoms with Crippen LogP contribution >= 0.6 is 0 Å². The van der Waals surface area contributed by atoms with E-state index in [4.69, 9.17) is 5.73 Å². The van der Waals surface area contributed by atoms with Crippen LogP contribution < -0.4 is 5.73 Å². The van der Waals surface area contributed by atoms with E-state index in [1.54, 1.807) is 6.92 Å². The molecule has 0 spiro atoms. The lowest BCUT2D eigenvalue weighted by Gasteiger charge is -2.16. The van der Waals surface area contributed by atoms with Crippen molar-refractivity contribution in [2.24, 2.45) is 5.73 Å². The molecule has 0 bridgehead atoms. The molecule has 1 rings (SSSR count). The highest BCUT2D eigenvalue weighted by atomic mass is 16.3. The molecule has 0 aromatic heterocycles. The molecule has 1 aromatic carbocycles. The van der Waals surface area contributed by atoms with Crippen molar-refractivity contribution in [3.05, 3.63) is 34.9 Å². The van der Waals surface area contributed by atoms with Gasteiger partial charge in [-0.1, -0.05) is 29.3 Å². The first-order valence-corrected chi connectivity index (χ1v) is 4.52. The monoisotopic (exact) mass is 179 g/mol. The van der Waals surface area contributed by atoms with Crippen molar-refractivity contribution in [3.8, 4) is 0 Å². The van der Waals surface area contributed by atoms with Gasteiger partial charge < -0.3 is 10.8 Å². The fraction of sp³-hybridized carbons (Fsp3) is 0.455. The Kier molecular flexibility index (Phi) is 3.07. The second-order valence-electron chi connectivity index (χ2n) is 3.69. The average molecular weight is 179 g/mol. The van der Waals surface area contributed by atoms with Crippen molar-refractivity contribution in [1.82, 2.24) is 0 Å². The van der Waals surface area contributed by atoms with Gasteiger partial charge in [0.2, 0.25) is 0 Å². The lowest BCUT2D eigenvalue weighted by Crippen LogP contribution is -2.23. The zero-order valence-electron chi connectivity index (χ0n) is 8.41. The minimum absolute atomic E-state index is 0.279. The van der Waals surface area contributed by atoms with Crippen LogP contribution in [-0.2, 0) is 0 Å². The maximum atomic E-state index is 9.33. The van der Waals surface area contributed by atoms with Crippen LogP contribution in [-0.4, -0.2) is 11.2 Å². The minimum atomic E-state index is -0.499. The summed E-state index contributed by atoms with van der Waals surface area (Å²) in [6.07, 6.45) is -0.499. The largest absolute Gasteiger partial charge is 0.391 e. The zero-order chi connectivity index (χ0) is 10.0. The summed E-state index contributed by atoms with van der Waals surface area (Å²) in [7, 11) is 0. The molecule has 2 heteroatoms. The van der Waals surface area contributed by atoms with Crippen LogP contribution in [0.1, 0.15) is 29.7 Å². The second kappa shape index (κ2) is 3.90. The number of benzene rings is 1. The van der Waals surface area contributed by atoms with E-state index in [0.717, 1.165) is 5.56 Å². The molecule has 1 aromatic rings. The van der Waals surface area contributed by atoms with Crippen LogP contribution in [0.2, 0.25) is 0 Å². The molecule has 0 aliphatic rings. The first-order valence-electron chi connectivity index (χ1n) is 4.52. The fourth-order valence-corrected chi connectivity index (χ4v) is 1.48. The maximum Gasteiger partial charge on any atom is 0.0704 e. The molecule has 72 valence electrons. The Morgan fingerprint density at radius 3 is 2.00 bits per heavy atom. The lowest BCUT2D eigenvalue weighted by atomic mass is 9.99. The number of nitrogens with two attached hydrogens (primary N) is 1. The van der Waals surface area contributed by atoms with E-state index < -0.39 is 6.10 Å². The lowest BCUT2D eigenvalue weighted by molar-refractivity contribution is 0.164. The van der Waals surface area contributed by atoms with Gasteiger partial charge >= 0.3 is 0 Å². The predicted octanol–water partition coefficient (Wildman–Crippen LogP) is 1.68. The van der Waals surface area contributed by atoms with E-state index in [0.29, 0.717) is 0 Å². The zero-order valence-corrected chi connectivity index (χ0v) is 8.41. The van der Waals surface area contributed by atoms with Gasteiger partial charge in [0, 0.05) is 0 Å². The highest BCUT2D eigenvalue weighted by Crippen LogP contribution is 2.17. The van der Waals surface area contributed by atoms with Crippen LogP contribution in [0.15, 0.2) is 18.2 Å². The molecule has 0 radical (unpaired) electrons. The number of rotatable bonds is 2. The van der Waals surface area contributed by atoms with Gasteiger partial charge in [-0.15, -0.1) is 0 Å². The van der Waals surface area contributed by atoms with Crippen molar-refractivity contribution < 1.29 is 5.11 Å². The summed E-state index contributed by atoms with van der Waals surface area (Å²) in [4.78, 5) is 0. The fourth-order valence-electron chi connectivity index (χ4n) is 1.48. The summed E-state index contributed by atoms with van der Waals surface area (Å²) in [6, 6.07) is 5.85. The molecule has 0 amide bonds. The van der Waals surface area contributed by atoms with Gasteiger partial charge in [0.1, 0.15) is 0 Å². The van der Waals surface area contributed by atoms with Crippen LogP contribution in [0.4, 0.5) is 0 Å². The Hall–Kier alpha value is -0.860. The van der Waals surface area contributed by atoms with Gasteiger partial charge in [0.25, 0.3) is 0 Å². The summed E-state index contributed by atoms with van der Waals surface area (Å²) in [6.45, 7) is 5.78. The van der Waals surface area contributed by atoms with E-state index in [9.17, 15) is 5.11 Å². The van der Waals surface area contributed by atoms with Gasteiger partial charge in [0.15, 0.2) is 0 Å². The molecule has 0 fully saturated rings. The third kappa shape index (κ3) is 2.54. The Morgan fingerprint density at radius 1 is 1.15 bits per heavy atom. The van der Waals surface area contributed by atoms with Crippen molar-refractivity contribution >= 4 is 0 Å². The number of aliphatic hydroxyl groups excluding tert-OH is 1. The summed E-state index contributed by atoms with van der Waals surface area (Å²) in [5.41, 5.74) is 9.20. The van der Waals surface area contributed by atoms with E-state index in [1.807, 2.05) is 26.0 Å². The molecule has 13 heavy (non-hydrogen) atoms. The predicted molar refractivity (Wildman–Crippen MR) is 54.5 cm³/mol. The Bertz CT molecular complexity index is 274. The summed E-state index contributed by atoms with van der Waals surface area (Å²) in [5, 5.41) is 9.33. The molecule has 0 heterocycles. The van der Waals surface area contributed by atoms with Crippen LogP contribution in [0.5, 0.6) is 0 Å². The Morgan fingerprint density at radius 2 is 1.62 bits per heavy atom. The third-order valence-corrected chi connectivity index (χ3v) is 2.15. The van der Waals surface area contributed by atoms with Crippen LogP contribution in [0.3, 0.4) is 0 Å². The van der Waals surface area contributed by atoms with Gasteiger partial charge in [-0.2, -0.15) is 0 Å². The van der Waals surface area contributed by atoms with E-state index in [1.165, 1.54) is 11.1 Å². The SMILES string of the molecule is Cc1cc(C)cc([C@@H](N)[C@H](C)O)c1. The molecule has 3 N–H and O–H groups in total. The first kappa shape index (κ1) is 10.2. The summed E-state index contributed by atoms with van der Waals surface area (Å²) < 4.78 is 0. The summed E-state index contributed by atoms with van der Waals surface area (Å²) >= 11 is 0. The normalized spacial score (nSPS) is 15.5. The highest BCUT2D eigenvalue weighted by molar-refractivity contribution is 5.30. The van der Waals surface area contributed by atoms with Gasteiger partial charge in [-0.3, -0.25) is 0 Å². The molecule has 0 saturated carbocycles. The standard InChI is InChI=1S/C11H17NO/c1-7-4-8(2)6-10(5-7)11(12)9(3)13/h4-6,9,11,13H,12H2,1-3H3/t9-,11-/m0/s1. The van der Waals surface area contributed by atoms with Crippen molar-refractivity contribution in [1.29, 1.82) is 0 Å². The maximum absolute atomic E-state index is 9.33. The van der Waals surface area contributed by atoms with Crippen LogP contribution in [0.25, 0.3) is 0 Å². The molecule has 0 aliphatic heterocycles. The molecule has 0 unspecified atom stereocenters. The highest BCUT2D eigenvalue weighted by Gasteiger charge is 2.11. The number of aliphatic hydroxyl groups is 1. The quantitative estimate of drug-likeness (QED) is 0.725. The average Bonchev–Trinajstić information content (AvgIpc) is 2.01. The second-order valence-corrected chi connectivity index (χ2v) is 3.69. The van der Waals surface area contributed by atoms with E-state index in [-0.39, 0.29) is 6.04 Å². The first-order chi connectivity index (χ1) is 6.00.